The summed E-state index contributed by atoms with van der Waals surface area (Å²) in [5.41, 5.74) is 1.02. The lowest BCUT2D eigenvalue weighted by Gasteiger charge is -2.23. The Morgan fingerprint density at radius 1 is 1.17 bits per heavy atom. The van der Waals surface area contributed by atoms with E-state index in [0.29, 0.717) is 17.6 Å². The fourth-order valence-corrected chi connectivity index (χ4v) is 4.68. The highest BCUT2D eigenvalue weighted by Crippen LogP contribution is 2.34. The maximum absolute atomic E-state index is 9.71. The van der Waals surface area contributed by atoms with E-state index in [0.717, 1.165) is 40.2 Å². The van der Waals surface area contributed by atoms with Crippen molar-refractivity contribution in [3.63, 3.8) is 0 Å². The van der Waals surface area contributed by atoms with Crippen LogP contribution in [0.5, 0.6) is 0 Å². The van der Waals surface area contributed by atoms with Crippen molar-refractivity contribution < 1.29 is 10.2 Å². The largest absolute Gasteiger partial charge is 0.394 e. The Kier molecular flexibility index (Phi) is 5.07. The molecule has 0 radical (unpaired) electrons. The van der Waals surface area contributed by atoms with Crippen LogP contribution in [0, 0.1) is 0 Å². The maximum atomic E-state index is 9.71. The molecule has 5 rings (SSSR count). The molecule has 0 aliphatic carbocycles. The minimum atomic E-state index is -0.0403. The number of imidazole rings is 1. The van der Waals surface area contributed by atoms with Crippen molar-refractivity contribution in [2.75, 3.05) is 23.4 Å². The van der Waals surface area contributed by atoms with Gasteiger partial charge in [-0.05, 0) is 31.0 Å². The number of para-hydroxylation sites is 1. The third-order valence-electron chi connectivity index (χ3n) is 5.32. The van der Waals surface area contributed by atoms with Crippen molar-refractivity contribution in [3.05, 3.63) is 53.8 Å². The molecule has 154 valence electrons. The predicted octanol–water partition coefficient (Wildman–Crippen LogP) is 3.07. The molecule has 9 heteroatoms. The van der Waals surface area contributed by atoms with E-state index in [4.69, 9.17) is 9.97 Å². The van der Waals surface area contributed by atoms with E-state index in [9.17, 15) is 10.2 Å². The Morgan fingerprint density at radius 2 is 2.03 bits per heavy atom. The molecule has 0 spiro atoms. The van der Waals surface area contributed by atoms with Crippen LogP contribution >= 0.6 is 11.3 Å². The summed E-state index contributed by atoms with van der Waals surface area (Å²) in [6.07, 6.45) is 5.60. The van der Waals surface area contributed by atoms with Crippen LogP contribution in [0.3, 0.4) is 0 Å². The van der Waals surface area contributed by atoms with Gasteiger partial charge in [-0.3, -0.25) is 0 Å². The summed E-state index contributed by atoms with van der Waals surface area (Å²) in [7, 11) is 0. The normalized spacial score (nSPS) is 16.5. The third kappa shape index (κ3) is 3.51. The van der Waals surface area contributed by atoms with Crippen molar-refractivity contribution >= 4 is 39.1 Å². The van der Waals surface area contributed by atoms with Crippen molar-refractivity contribution in [2.45, 2.75) is 25.5 Å². The quantitative estimate of drug-likeness (QED) is 0.439. The molecule has 3 aromatic heterocycles. The summed E-state index contributed by atoms with van der Waals surface area (Å²) in [6.45, 7) is 0.858. The zero-order valence-corrected chi connectivity index (χ0v) is 17.1. The van der Waals surface area contributed by atoms with E-state index >= 15 is 0 Å². The van der Waals surface area contributed by atoms with Crippen LogP contribution in [-0.2, 0) is 6.61 Å². The number of thiophene rings is 1. The number of hydrogen-bond acceptors (Lipinski definition) is 8. The molecule has 1 aliphatic rings. The van der Waals surface area contributed by atoms with Crippen molar-refractivity contribution in [2.24, 2.45) is 0 Å². The summed E-state index contributed by atoms with van der Waals surface area (Å²) in [5, 5.41) is 23.5. The van der Waals surface area contributed by atoms with Gasteiger partial charge in [-0.2, -0.15) is 4.98 Å². The zero-order chi connectivity index (χ0) is 20.5. The minimum Gasteiger partial charge on any atom is -0.394 e. The lowest BCUT2D eigenvalue weighted by Crippen LogP contribution is -2.33. The van der Waals surface area contributed by atoms with Crippen LogP contribution in [0.2, 0.25) is 0 Å². The van der Waals surface area contributed by atoms with E-state index in [1.807, 2.05) is 47.2 Å². The first-order valence-corrected chi connectivity index (χ1v) is 10.7. The summed E-state index contributed by atoms with van der Waals surface area (Å²) >= 11 is 1.45. The van der Waals surface area contributed by atoms with Gasteiger partial charge in [0.25, 0.3) is 0 Å². The van der Waals surface area contributed by atoms with E-state index in [1.54, 1.807) is 6.33 Å². The van der Waals surface area contributed by atoms with Gasteiger partial charge in [0.1, 0.15) is 22.8 Å². The average molecular weight is 423 g/mol. The lowest BCUT2D eigenvalue weighted by molar-refractivity contribution is 0.265. The Labute approximate surface area is 177 Å². The number of aliphatic hydroxyl groups excluding tert-OH is 2. The van der Waals surface area contributed by atoms with Gasteiger partial charge in [-0.1, -0.05) is 18.2 Å². The zero-order valence-electron chi connectivity index (χ0n) is 16.3. The van der Waals surface area contributed by atoms with Crippen LogP contribution in [0.1, 0.15) is 17.7 Å². The summed E-state index contributed by atoms with van der Waals surface area (Å²) in [5.74, 6) is 1.91. The second-order valence-electron chi connectivity index (χ2n) is 7.26. The third-order valence-corrected chi connectivity index (χ3v) is 6.33. The van der Waals surface area contributed by atoms with Crippen molar-refractivity contribution in [1.29, 1.82) is 0 Å². The number of benzene rings is 1. The fraction of sp³-hybridized carbons (Fsp3) is 0.286. The van der Waals surface area contributed by atoms with E-state index in [2.05, 4.69) is 15.2 Å². The molecule has 4 heterocycles. The second kappa shape index (κ2) is 8.02. The second-order valence-corrected chi connectivity index (χ2v) is 8.38. The van der Waals surface area contributed by atoms with Gasteiger partial charge < -0.3 is 25.0 Å². The minimum absolute atomic E-state index is 0.0323. The van der Waals surface area contributed by atoms with E-state index in [-0.39, 0.29) is 19.3 Å². The van der Waals surface area contributed by atoms with Gasteiger partial charge in [-0.15, -0.1) is 11.3 Å². The Hall–Kier alpha value is -3.01. The van der Waals surface area contributed by atoms with Crippen LogP contribution in [-0.4, -0.2) is 48.9 Å². The molecule has 1 saturated heterocycles. The molecule has 0 unspecified atom stereocenters. The Bertz CT molecular complexity index is 1160. The Balaban J connectivity index is 1.52. The molecule has 1 aliphatic heterocycles. The van der Waals surface area contributed by atoms with Gasteiger partial charge >= 0.3 is 0 Å². The molecule has 3 N–H and O–H groups in total. The van der Waals surface area contributed by atoms with Gasteiger partial charge in [0, 0.05) is 17.1 Å². The summed E-state index contributed by atoms with van der Waals surface area (Å²) < 4.78 is 1.94. The molecule has 0 saturated carbocycles. The molecule has 8 nitrogen and oxygen atoms in total. The maximum Gasteiger partial charge on any atom is 0.229 e. The molecule has 4 aromatic rings. The van der Waals surface area contributed by atoms with Crippen molar-refractivity contribution in [1.82, 2.24) is 19.5 Å². The fourth-order valence-electron chi connectivity index (χ4n) is 3.80. The smallest absolute Gasteiger partial charge is 0.229 e. The predicted molar refractivity (Wildman–Crippen MR) is 118 cm³/mol. The number of rotatable bonds is 6. The average Bonchev–Trinajstić information content (AvgIpc) is 3.53. The number of nitrogens with one attached hydrogen (secondary N) is 1. The van der Waals surface area contributed by atoms with Crippen LogP contribution in [0.15, 0.2) is 48.9 Å². The number of aromatic nitrogens is 4. The highest BCUT2D eigenvalue weighted by atomic mass is 32.1. The number of hydrogen-bond donors (Lipinski definition) is 3. The van der Waals surface area contributed by atoms with Gasteiger partial charge in [0.2, 0.25) is 5.95 Å². The highest BCUT2D eigenvalue weighted by Gasteiger charge is 2.27. The summed E-state index contributed by atoms with van der Waals surface area (Å²) in [4.78, 5) is 17.7. The number of aliphatic hydroxyl groups is 2. The first kappa shape index (κ1) is 19.0. The first-order valence-electron chi connectivity index (χ1n) is 9.90. The molecule has 1 fully saturated rings. The van der Waals surface area contributed by atoms with Gasteiger partial charge in [0.15, 0.2) is 0 Å². The van der Waals surface area contributed by atoms with Crippen LogP contribution in [0.25, 0.3) is 15.9 Å². The van der Waals surface area contributed by atoms with E-state index < -0.39 is 0 Å². The first-order chi connectivity index (χ1) is 14.7. The summed E-state index contributed by atoms with van der Waals surface area (Å²) in [6, 6.07) is 11.9. The Morgan fingerprint density at radius 3 is 2.83 bits per heavy atom. The standard InChI is InChI=1S/C21H22N6O2S/c28-11-15-7-4-8-27(15)21-24-19(17-9-16(12-29)30-20(17)25-21)23-18-10-26(13-22-18)14-5-2-1-3-6-14/h1-3,5-6,9-10,13,15,28-29H,4,7-8,11-12H2,(H,23,24,25)/t15-/m0/s1. The monoisotopic (exact) mass is 422 g/mol. The molecule has 0 amide bonds. The van der Waals surface area contributed by atoms with Crippen LogP contribution < -0.4 is 10.2 Å². The number of fused-ring (bicyclic) bond motifs is 1. The topological polar surface area (TPSA) is 99.3 Å². The number of anilines is 3. The molecule has 1 aromatic carbocycles. The SMILES string of the molecule is OCc1cc2c(Nc3cn(-c4ccccc4)cn3)nc(N3CCC[C@H]3CO)nc2s1. The molecule has 1 atom stereocenters. The highest BCUT2D eigenvalue weighted by molar-refractivity contribution is 7.18. The molecular formula is C21H22N6O2S. The van der Waals surface area contributed by atoms with Gasteiger partial charge in [-0.25, -0.2) is 9.97 Å². The molecular weight excluding hydrogens is 400 g/mol. The molecule has 0 bridgehead atoms. The lowest BCUT2D eigenvalue weighted by atomic mass is 10.2. The van der Waals surface area contributed by atoms with Crippen molar-refractivity contribution in [3.8, 4) is 5.69 Å². The van der Waals surface area contributed by atoms with Crippen LogP contribution in [0.4, 0.5) is 17.6 Å². The van der Waals surface area contributed by atoms with E-state index in [1.165, 1.54) is 11.3 Å². The molecule has 30 heavy (non-hydrogen) atoms. The van der Waals surface area contributed by atoms with Gasteiger partial charge in [0.05, 0.1) is 30.8 Å². The number of nitrogens with zero attached hydrogens (tertiary/aromatic N) is 5.